The van der Waals surface area contributed by atoms with E-state index in [9.17, 15) is 4.79 Å². The third kappa shape index (κ3) is 2.66. The largest absolute Gasteiger partial charge is 0.365 e. The van der Waals surface area contributed by atoms with Crippen molar-refractivity contribution in [1.29, 1.82) is 5.26 Å². The summed E-state index contributed by atoms with van der Waals surface area (Å²) in [6, 6.07) is 11.9. The van der Waals surface area contributed by atoms with Crippen LogP contribution in [-0.4, -0.2) is 23.1 Å². The number of hydrogen-bond donors (Lipinski definition) is 1. The fourth-order valence-electron chi connectivity index (χ4n) is 1.84. The van der Waals surface area contributed by atoms with Gasteiger partial charge in [0.15, 0.2) is 0 Å². The minimum Gasteiger partial charge on any atom is -0.365 e. The van der Waals surface area contributed by atoms with Crippen LogP contribution in [0.15, 0.2) is 40.9 Å². The summed E-state index contributed by atoms with van der Waals surface area (Å²) < 4.78 is 0. The Morgan fingerprint density at radius 3 is 2.78 bits per heavy atom. The Balaban J connectivity index is 2.24. The van der Waals surface area contributed by atoms with E-state index in [-0.39, 0.29) is 5.57 Å². The number of primary amides is 1. The van der Waals surface area contributed by atoms with Crippen LogP contribution in [0.5, 0.6) is 0 Å². The fraction of sp³-hybridized carbons (Fsp3) is 0.231. The SMILES string of the molecule is N#C/C(C(N)=O)=C1/SCCN1Cc1ccccc1. The van der Waals surface area contributed by atoms with Crippen LogP contribution in [0.2, 0.25) is 0 Å². The second-order valence-corrected chi connectivity index (χ2v) is 5.00. The molecule has 2 N–H and O–H groups in total. The Labute approximate surface area is 110 Å². The third-order valence-electron chi connectivity index (χ3n) is 2.68. The number of amides is 1. The van der Waals surface area contributed by atoms with Crippen LogP contribution < -0.4 is 5.73 Å². The molecule has 0 aromatic heterocycles. The number of hydrogen-bond acceptors (Lipinski definition) is 4. The first-order valence-electron chi connectivity index (χ1n) is 5.58. The van der Waals surface area contributed by atoms with Crippen LogP contribution in [0.4, 0.5) is 0 Å². The number of carbonyl (C=O) groups excluding carboxylic acids is 1. The molecule has 1 amide bonds. The zero-order chi connectivity index (χ0) is 13.0. The summed E-state index contributed by atoms with van der Waals surface area (Å²) in [5, 5.41) is 9.69. The van der Waals surface area contributed by atoms with Crippen LogP contribution in [0.3, 0.4) is 0 Å². The summed E-state index contributed by atoms with van der Waals surface area (Å²) in [5.74, 6) is 0.223. The smallest absolute Gasteiger partial charge is 0.262 e. The number of rotatable bonds is 3. The molecule has 1 heterocycles. The first-order valence-corrected chi connectivity index (χ1v) is 6.57. The van der Waals surface area contributed by atoms with Gasteiger partial charge in [0.25, 0.3) is 5.91 Å². The Hall–Kier alpha value is -1.93. The van der Waals surface area contributed by atoms with Crippen molar-refractivity contribution in [3.8, 4) is 6.07 Å². The first kappa shape index (κ1) is 12.5. The Morgan fingerprint density at radius 2 is 2.17 bits per heavy atom. The predicted octanol–water partition coefficient (Wildman–Crippen LogP) is 1.46. The lowest BCUT2D eigenvalue weighted by molar-refractivity contribution is -0.114. The highest BCUT2D eigenvalue weighted by Crippen LogP contribution is 2.31. The van der Waals surface area contributed by atoms with Gasteiger partial charge in [0.2, 0.25) is 0 Å². The molecule has 1 aliphatic heterocycles. The van der Waals surface area contributed by atoms with Crippen LogP contribution in [-0.2, 0) is 11.3 Å². The van der Waals surface area contributed by atoms with Gasteiger partial charge in [-0.2, -0.15) is 5.26 Å². The summed E-state index contributed by atoms with van der Waals surface area (Å²) in [4.78, 5) is 13.2. The number of nitrogens with two attached hydrogens (primary N) is 1. The monoisotopic (exact) mass is 259 g/mol. The average molecular weight is 259 g/mol. The molecule has 5 heteroatoms. The topological polar surface area (TPSA) is 70.1 Å². The quantitative estimate of drug-likeness (QED) is 0.659. The molecule has 92 valence electrons. The van der Waals surface area contributed by atoms with E-state index in [2.05, 4.69) is 0 Å². The Kier molecular flexibility index (Phi) is 3.90. The van der Waals surface area contributed by atoms with Crippen molar-refractivity contribution in [2.24, 2.45) is 5.73 Å². The number of carbonyl (C=O) groups is 1. The molecule has 0 bridgehead atoms. The predicted molar refractivity (Wildman–Crippen MR) is 71.1 cm³/mol. The van der Waals surface area contributed by atoms with Gasteiger partial charge in [-0.05, 0) is 5.56 Å². The van der Waals surface area contributed by atoms with Crippen molar-refractivity contribution in [2.45, 2.75) is 6.54 Å². The summed E-state index contributed by atoms with van der Waals surface area (Å²) in [5.41, 5.74) is 6.44. The zero-order valence-corrected chi connectivity index (χ0v) is 10.6. The molecule has 1 saturated heterocycles. The molecule has 0 spiro atoms. The molecule has 0 saturated carbocycles. The highest BCUT2D eigenvalue weighted by Gasteiger charge is 2.24. The number of nitriles is 1. The lowest BCUT2D eigenvalue weighted by Crippen LogP contribution is -2.22. The van der Waals surface area contributed by atoms with E-state index in [0.29, 0.717) is 11.6 Å². The standard InChI is InChI=1S/C13H13N3OS/c14-8-11(12(15)17)13-16(6-7-18-13)9-10-4-2-1-3-5-10/h1-5H,6-7,9H2,(H2,15,17)/b13-11-. The van der Waals surface area contributed by atoms with Crippen molar-refractivity contribution in [3.05, 3.63) is 46.5 Å². The molecular weight excluding hydrogens is 246 g/mol. The van der Waals surface area contributed by atoms with Crippen molar-refractivity contribution < 1.29 is 4.79 Å². The van der Waals surface area contributed by atoms with Crippen LogP contribution in [0.25, 0.3) is 0 Å². The van der Waals surface area contributed by atoms with Gasteiger partial charge >= 0.3 is 0 Å². The van der Waals surface area contributed by atoms with Crippen LogP contribution in [0, 0.1) is 11.3 Å². The van der Waals surface area contributed by atoms with Crippen molar-refractivity contribution in [3.63, 3.8) is 0 Å². The molecule has 1 aliphatic rings. The summed E-state index contributed by atoms with van der Waals surface area (Å²) in [6.07, 6.45) is 0. The second-order valence-electron chi connectivity index (χ2n) is 3.91. The van der Waals surface area contributed by atoms with Gasteiger partial charge in [0.1, 0.15) is 11.6 Å². The van der Waals surface area contributed by atoms with Gasteiger partial charge < -0.3 is 10.6 Å². The maximum Gasteiger partial charge on any atom is 0.262 e. The minimum atomic E-state index is -0.653. The second kappa shape index (κ2) is 5.61. The minimum absolute atomic E-state index is 0.0634. The molecular formula is C13H13N3OS. The van der Waals surface area contributed by atoms with Gasteiger partial charge in [-0.3, -0.25) is 4.79 Å². The van der Waals surface area contributed by atoms with E-state index in [0.717, 1.165) is 17.9 Å². The molecule has 0 unspecified atom stereocenters. The molecule has 4 nitrogen and oxygen atoms in total. The highest BCUT2D eigenvalue weighted by atomic mass is 32.2. The fourth-order valence-corrected chi connectivity index (χ4v) is 2.97. The molecule has 0 aliphatic carbocycles. The summed E-state index contributed by atoms with van der Waals surface area (Å²) in [7, 11) is 0. The van der Waals surface area contributed by atoms with Crippen molar-refractivity contribution >= 4 is 17.7 Å². The highest BCUT2D eigenvalue weighted by molar-refractivity contribution is 8.03. The Bertz CT molecular complexity index is 519. The first-order chi connectivity index (χ1) is 8.72. The van der Waals surface area contributed by atoms with E-state index in [1.165, 1.54) is 11.8 Å². The normalized spacial score (nSPS) is 17.4. The van der Waals surface area contributed by atoms with Gasteiger partial charge in [-0.15, -0.1) is 11.8 Å². The summed E-state index contributed by atoms with van der Waals surface area (Å²) in [6.45, 7) is 1.52. The maximum atomic E-state index is 11.2. The zero-order valence-electron chi connectivity index (χ0n) is 9.80. The van der Waals surface area contributed by atoms with Crippen molar-refractivity contribution in [2.75, 3.05) is 12.3 Å². The average Bonchev–Trinajstić information content (AvgIpc) is 2.79. The van der Waals surface area contributed by atoms with E-state index in [1.807, 2.05) is 41.3 Å². The van der Waals surface area contributed by atoms with Crippen LogP contribution >= 0.6 is 11.8 Å². The van der Waals surface area contributed by atoms with E-state index < -0.39 is 5.91 Å². The molecule has 1 aromatic rings. The van der Waals surface area contributed by atoms with Crippen LogP contribution in [0.1, 0.15) is 5.56 Å². The van der Waals surface area contributed by atoms with Gasteiger partial charge in [-0.25, -0.2) is 0 Å². The maximum absolute atomic E-state index is 11.2. The lowest BCUT2D eigenvalue weighted by Gasteiger charge is -2.19. The van der Waals surface area contributed by atoms with Gasteiger partial charge in [0, 0.05) is 18.8 Å². The molecule has 2 rings (SSSR count). The van der Waals surface area contributed by atoms with E-state index in [1.54, 1.807) is 0 Å². The molecule has 0 radical (unpaired) electrons. The molecule has 0 atom stereocenters. The number of thioether (sulfide) groups is 1. The molecule has 18 heavy (non-hydrogen) atoms. The Morgan fingerprint density at radius 1 is 1.44 bits per heavy atom. The van der Waals surface area contributed by atoms with E-state index >= 15 is 0 Å². The number of nitrogens with zero attached hydrogens (tertiary/aromatic N) is 2. The number of benzene rings is 1. The van der Waals surface area contributed by atoms with Gasteiger partial charge in [-0.1, -0.05) is 30.3 Å². The summed E-state index contributed by atoms with van der Waals surface area (Å²) >= 11 is 1.51. The molecule has 1 aromatic carbocycles. The van der Waals surface area contributed by atoms with Crippen molar-refractivity contribution in [1.82, 2.24) is 4.90 Å². The van der Waals surface area contributed by atoms with E-state index in [4.69, 9.17) is 11.0 Å². The molecule has 1 fully saturated rings. The third-order valence-corrected chi connectivity index (χ3v) is 3.80. The van der Waals surface area contributed by atoms with Gasteiger partial charge in [0.05, 0.1) is 5.03 Å². The lowest BCUT2D eigenvalue weighted by atomic mass is 10.2.